The molecule has 8 heteroatoms. The van der Waals surface area contributed by atoms with Gasteiger partial charge in [0, 0.05) is 37.8 Å². The number of amides is 1. The molecule has 0 atom stereocenters. The third kappa shape index (κ3) is 5.40. The largest absolute Gasteiger partial charge is 0.379 e. The molecule has 3 heterocycles. The average molecular weight is 477 g/mol. The molecular weight excluding hydrogens is 444 g/mol. The second kappa shape index (κ2) is 10.6. The summed E-state index contributed by atoms with van der Waals surface area (Å²) < 4.78 is 12.9. The van der Waals surface area contributed by atoms with Gasteiger partial charge in [-0.15, -0.1) is 0 Å². The quantitative estimate of drug-likeness (QED) is 0.587. The van der Waals surface area contributed by atoms with Crippen LogP contribution in [-0.2, 0) is 22.6 Å². The van der Waals surface area contributed by atoms with Gasteiger partial charge in [0.15, 0.2) is 0 Å². The average Bonchev–Trinajstić information content (AvgIpc) is 2.90. The first-order valence-corrected chi connectivity index (χ1v) is 12.2. The summed E-state index contributed by atoms with van der Waals surface area (Å²) in [4.78, 5) is 29.1. The molecule has 1 N–H and O–H groups in total. The van der Waals surface area contributed by atoms with E-state index in [9.17, 15) is 9.59 Å². The maximum Gasteiger partial charge on any atom is 0.257 e. The minimum atomic E-state index is -0.363. The molecule has 35 heavy (non-hydrogen) atoms. The predicted molar refractivity (Wildman–Crippen MR) is 135 cm³/mol. The summed E-state index contributed by atoms with van der Waals surface area (Å²) in [5.41, 5.74) is 3.93. The molecule has 2 aromatic carbocycles. The number of carbonyl (C=O) groups excluding carboxylic acids is 1. The van der Waals surface area contributed by atoms with Crippen molar-refractivity contribution in [3.8, 4) is 0 Å². The molecule has 184 valence electrons. The number of morpholine rings is 2. The molecule has 5 rings (SSSR count). The number of carbonyl (C=O) groups is 1. The second-order valence-electron chi connectivity index (χ2n) is 9.19. The zero-order valence-corrected chi connectivity index (χ0v) is 20.2. The lowest BCUT2D eigenvalue weighted by Gasteiger charge is -2.32. The lowest BCUT2D eigenvalue weighted by atomic mass is 10.1. The summed E-state index contributed by atoms with van der Waals surface area (Å²) in [5, 5.41) is 5.62. The van der Waals surface area contributed by atoms with E-state index in [0.29, 0.717) is 38.2 Å². The lowest BCUT2D eigenvalue weighted by molar-refractivity contribution is 0.0342. The van der Waals surface area contributed by atoms with Crippen molar-refractivity contribution >= 4 is 16.8 Å². The molecule has 0 aliphatic carbocycles. The van der Waals surface area contributed by atoms with Crippen molar-refractivity contribution in [2.24, 2.45) is 0 Å². The first-order valence-electron chi connectivity index (χ1n) is 12.2. The van der Waals surface area contributed by atoms with Crippen molar-refractivity contribution < 1.29 is 14.3 Å². The number of aromatic nitrogens is 1. The Hall–Kier alpha value is -3.20. The van der Waals surface area contributed by atoms with Crippen molar-refractivity contribution in [1.82, 2.24) is 14.9 Å². The summed E-state index contributed by atoms with van der Waals surface area (Å²) >= 11 is 0. The molecule has 0 bridgehead atoms. The number of aryl methyl sites for hydroxylation is 1. The van der Waals surface area contributed by atoms with Crippen LogP contribution in [0.3, 0.4) is 0 Å². The Kier molecular flexibility index (Phi) is 7.13. The number of nitrogens with zero attached hydrogens (tertiary/aromatic N) is 3. The molecule has 0 saturated carbocycles. The summed E-state index contributed by atoms with van der Waals surface area (Å²) in [6, 6.07) is 14.0. The van der Waals surface area contributed by atoms with E-state index in [2.05, 4.69) is 21.3 Å². The van der Waals surface area contributed by atoms with Crippen LogP contribution in [0, 0.1) is 6.92 Å². The van der Waals surface area contributed by atoms with Gasteiger partial charge >= 0.3 is 0 Å². The van der Waals surface area contributed by atoms with E-state index in [1.807, 2.05) is 48.0 Å². The Morgan fingerprint density at radius 1 is 0.914 bits per heavy atom. The first-order chi connectivity index (χ1) is 17.1. The van der Waals surface area contributed by atoms with Crippen LogP contribution >= 0.6 is 0 Å². The van der Waals surface area contributed by atoms with Crippen LogP contribution in [0.4, 0.5) is 0 Å². The highest BCUT2D eigenvalue weighted by Crippen LogP contribution is 2.18. The number of pyridine rings is 1. The zero-order valence-electron chi connectivity index (χ0n) is 20.2. The van der Waals surface area contributed by atoms with Gasteiger partial charge in [-0.05, 0) is 30.2 Å². The molecule has 1 aromatic heterocycles. The molecule has 0 radical (unpaired) electrons. The van der Waals surface area contributed by atoms with Crippen LogP contribution in [0.15, 0.2) is 53.5 Å². The van der Waals surface area contributed by atoms with Crippen molar-refractivity contribution in [3.63, 3.8) is 0 Å². The second-order valence-corrected chi connectivity index (χ2v) is 9.19. The highest BCUT2D eigenvalue weighted by molar-refractivity contribution is 5.97. The maximum absolute atomic E-state index is 13.6. The van der Waals surface area contributed by atoms with Gasteiger partial charge in [-0.2, -0.15) is 0 Å². The Labute approximate surface area is 205 Å². The Balaban J connectivity index is 1.48. The summed E-state index contributed by atoms with van der Waals surface area (Å²) in [6.45, 7) is 8.94. The molecule has 2 saturated heterocycles. The fourth-order valence-corrected chi connectivity index (χ4v) is 4.62. The van der Waals surface area contributed by atoms with Crippen LogP contribution in [0.5, 0.6) is 0 Å². The Bertz CT molecular complexity index is 1240. The standard InChI is InChI=1S/C27H32N4O4/c1-20-2-4-21(5-3-20)17-28-27(33)24-19-31(30-10-14-35-15-11-30)25-7-6-22(16-23(25)26(24)32)18-29-8-12-34-13-9-29/h2-7,16,19H,8-15,17-18H2,1H3,(H,28,33). The topological polar surface area (TPSA) is 76.0 Å². The smallest absolute Gasteiger partial charge is 0.257 e. The van der Waals surface area contributed by atoms with Crippen molar-refractivity contribution in [2.45, 2.75) is 20.0 Å². The predicted octanol–water partition coefficient (Wildman–Crippen LogP) is 2.04. The normalized spacial score (nSPS) is 17.0. The maximum atomic E-state index is 13.6. The number of ether oxygens (including phenoxy) is 2. The van der Waals surface area contributed by atoms with Crippen LogP contribution in [0.25, 0.3) is 10.9 Å². The summed E-state index contributed by atoms with van der Waals surface area (Å²) in [7, 11) is 0. The zero-order chi connectivity index (χ0) is 24.2. The third-order valence-electron chi connectivity index (χ3n) is 6.67. The van der Waals surface area contributed by atoms with Crippen molar-refractivity contribution in [3.05, 3.63) is 81.1 Å². The lowest BCUT2D eigenvalue weighted by Crippen LogP contribution is -2.45. The van der Waals surface area contributed by atoms with Crippen LogP contribution in [-0.4, -0.2) is 68.1 Å². The molecule has 0 unspecified atom stereocenters. The van der Waals surface area contributed by atoms with Gasteiger partial charge in [0.2, 0.25) is 5.43 Å². The van der Waals surface area contributed by atoms with E-state index < -0.39 is 0 Å². The van der Waals surface area contributed by atoms with Crippen LogP contribution in [0.2, 0.25) is 0 Å². The van der Waals surface area contributed by atoms with E-state index in [4.69, 9.17) is 9.47 Å². The molecule has 2 aliphatic rings. The summed E-state index contributed by atoms with van der Waals surface area (Å²) in [5.74, 6) is -0.363. The van der Waals surface area contributed by atoms with Crippen LogP contribution < -0.4 is 15.8 Å². The van der Waals surface area contributed by atoms with Gasteiger partial charge in [-0.1, -0.05) is 35.9 Å². The molecule has 2 aliphatic heterocycles. The molecular formula is C27H32N4O4. The fourth-order valence-electron chi connectivity index (χ4n) is 4.62. The van der Waals surface area contributed by atoms with Gasteiger partial charge in [0.25, 0.3) is 5.91 Å². The van der Waals surface area contributed by atoms with Gasteiger partial charge in [0.05, 0.1) is 45.0 Å². The van der Waals surface area contributed by atoms with Gasteiger partial charge in [-0.25, -0.2) is 0 Å². The number of fused-ring (bicyclic) bond motifs is 1. The number of hydrogen-bond donors (Lipinski definition) is 1. The number of benzene rings is 2. The fraction of sp³-hybridized carbons (Fsp3) is 0.407. The third-order valence-corrected chi connectivity index (χ3v) is 6.67. The molecule has 2 fully saturated rings. The van der Waals surface area contributed by atoms with Crippen molar-refractivity contribution in [2.75, 3.05) is 57.6 Å². The van der Waals surface area contributed by atoms with E-state index in [1.54, 1.807) is 6.20 Å². The summed E-state index contributed by atoms with van der Waals surface area (Å²) in [6.07, 6.45) is 1.68. The number of hydrogen-bond acceptors (Lipinski definition) is 6. The van der Waals surface area contributed by atoms with E-state index in [1.165, 1.54) is 0 Å². The minimum Gasteiger partial charge on any atom is -0.379 e. The van der Waals surface area contributed by atoms with Crippen molar-refractivity contribution in [1.29, 1.82) is 0 Å². The van der Waals surface area contributed by atoms with Gasteiger partial charge in [0.1, 0.15) is 5.56 Å². The van der Waals surface area contributed by atoms with Gasteiger partial charge in [-0.3, -0.25) is 19.2 Å². The highest BCUT2D eigenvalue weighted by atomic mass is 16.5. The minimum absolute atomic E-state index is 0.152. The Morgan fingerprint density at radius 3 is 2.29 bits per heavy atom. The SMILES string of the molecule is Cc1ccc(CNC(=O)c2cn(N3CCOCC3)c3ccc(CN4CCOCC4)cc3c2=O)cc1. The highest BCUT2D eigenvalue weighted by Gasteiger charge is 2.20. The molecule has 8 nitrogen and oxygen atoms in total. The monoisotopic (exact) mass is 476 g/mol. The number of rotatable bonds is 6. The Morgan fingerprint density at radius 2 is 1.57 bits per heavy atom. The first kappa shape index (κ1) is 23.5. The molecule has 1 amide bonds. The van der Waals surface area contributed by atoms with Gasteiger partial charge < -0.3 is 19.8 Å². The molecule has 0 spiro atoms. The number of nitrogens with one attached hydrogen (secondary N) is 1. The van der Waals surface area contributed by atoms with E-state index in [-0.39, 0.29) is 16.9 Å². The van der Waals surface area contributed by atoms with Crippen LogP contribution in [0.1, 0.15) is 27.0 Å². The molecule has 3 aromatic rings. The van der Waals surface area contributed by atoms with E-state index >= 15 is 0 Å². The van der Waals surface area contributed by atoms with E-state index in [0.717, 1.165) is 55.1 Å².